The molecular formula is C15H18ClNO4. The van der Waals surface area contributed by atoms with Gasteiger partial charge in [-0.25, -0.2) is 0 Å². The molecular weight excluding hydrogens is 294 g/mol. The lowest BCUT2D eigenvalue weighted by Crippen LogP contribution is -2.45. The lowest BCUT2D eigenvalue weighted by Gasteiger charge is -2.36. The van der Waals surface area contributed by atoms with Gasteiger partial charge in [0.15, 0.2) is 0 Å². The molecule has 114 valence electrons. The number of methoxy groups -OCH3 is 1. The van der Waals surface area contributed by atoms with Crippen LogP contribution in [0.4, 0.5) is 0 Å². The van der Waals surface area contributed by atoms with Crippen LogP contribution in [0, 0.1) is 5.92 Å². The van der Waals surface area contributed by atoms with Crippen LogP contribution in [-0.4, -0.2) is 41.6 Å². The number of hydrogen-bond acceptors (Lipinski definition) is 3. The maximum atomic E-state index is 12.4. The fraction of sp³-hybridized carbons (Fsp3) is 0.467. The molecule has 1 N–H and O–H groups in total. The van der Waals surface area contributed by atoms with Gasteiger partial charge in [0.25, 0.3) is 0 Å². The van der Waals surface area contributed by atoms with Gasteiger partial charge in [0.1, 0.15) is 6.54 Å². The van der Waals surface area contributed by atoms with Gasteiger partial charge in [-0.05, 0) is 30.5 Å². The standard InChI is InChI=1S/C15H18ClNO4/c1-21-13-6-11(7-13)15(20)17(9-14(18)19)8-10-2-4-12(16)5-3-10/h2-5,11,13H,6-9H2,1H3,(H,18,19). The van der Waals surface area contributed by atoms with Crippen LogP contribution in [0.15, 0.2) is 24.3 Å². The molecule has 6 heteroatoms. The average Bonchev–Trinajstić information content (AvgIpc) is 2.38. The zero-order chi connectivity index (χ0) is 15.4. The van der Waals surface area contributed by atoms with Crippen molar-refractivity contribution in [3.05, 3.63) is 34.9 Å². The van der Waals surface area contributed by atoms with Crippen molar-refractivity contribution >= 4 is 23.5 Å². The highest BCUT2D eigenvalue weighted by atomic mass is 35.5. The fourth-order valence-electron chi connectivity index (χ4n) is 2.40. The number of hydrogen-bond donors (Lipinski definition) is 1. The van der Waals surface area contributed by atoms with Crippen molar-refractivity contribution in [1.29, 1.82) is 0 Å². The van der Waals surface area contributed by atoms with Crippen molar-refractivity contribution in [2.45, 2.75) is 25.5 Å². The molecule has 0 saturated heterocycles. The topological polar surface area (TPSA) is 66.8 Å². The number of carboxylic acid groups (broad SMARTS) is 1. The van der Waals surface area contributed by atoms with Crippen LogP contribution in [0.2, 0.25) is 5.02 Å². The minimum absolute atomic E-state index is 0.112. The van der Waals surface area contributed by atoms with Crippen LogP contribution in [-0.2, 0) is 20.9 Å². The first-order valence-corrected chi connectivity index (χ1v) is 7.15. The Labute approximate surface area is 128 Å². The van der Waals surface area contributed by atoms with Crippen molar-refractivity contribution in [2.24, 2.45) is 5.92 Å². The lowest BCUT2D eigenvalue weighted by atomic mass is 9.81. The van der Waals surface area contributed by atoms with Gasteiger partial charge in [-0.2, -0.15) is 0 Å². The molecule has 0 aliphatic heterocycles. The summed E-state index contributed by atoms with van der Waals surface area (Å²) >= 11 is 5.82. The van der Waals surface area contributed by atoms with Gasteiger partial charge >= 0.3 is 5.97 Å². The first-order chi connectivity index (χ1) is 9.99. The lowest BCUT2D eigenvalue weighted by molar-refractivity contribution is -0.151. The zero-order valence-electron chi connectivity index (χ0n) is 11.8. The molecule has 0 bridgehead atoms. The Balaban J connectivity index is 2.02. The summed E-state index contributed by atoms with van der Waals surface area (Å²) in [5.74, 6) is -1.28. The van der Waals surface area contributed by atoms with Crippen molar-refractivity contribution in [2.75, 3.05) is 13.7 Å². The first-order valence-electron chi connectivity index (χ1n) is 6.77. The maximum absolute atomic E-state index is 12.4. The second-order valence-corrected chi connectivity index (χ2v) is 5.68. The van der Waals surface area contributed by atoms with Crippen LogP contribution in [0.1, 0.15) is 18.4 Å². The Morgan fingerprint density at radius 3 is 2.48 bits per heavy atom. The van der Waals surface area contributed by atoms with Gasteiger partial charge in [-0.3, -0.25) is 9.59 Å². The fourth-order valence-corrected chi connectivity index (χ4v) is 2.53. The van der Waals surface area contributed by atoms with E-state index in [9.17, 15) is 9.59 Å². The van der Waals surface area contributed by atoms with Crippen molar-refractivity contribution in [3.63, 3.8) is 0 Å². The van der Waals surface area contributed by atoms with Gasteiger partial charge in [-0.15, -0.1) is 0 Å². The van der Waals surface area contributed by atoms with Crippen LogP contribution < -0.4 is 0 Å². The predicted molar refractivity (Wildman–Crippen MR) is 78.0 cm³/mol. The summed E-state index contributed by atoms with van der Waals surface area (Å²) in [7, 11) is 1.62. The number of aliphatic carboxylic acids is 1. The van der Waals surface area contributed by atoms with E-state index in [0.717, 1.165) is 5.56 Å². The monoisotopic (exact) mass is 311 g/mol. The molecule has 1 fully saturated rings. The van der Waals surface area contributed by atoms with E-state index in [2.05, 4.69) is 0 Å². The van der Waals surface area contributed by atoms with E-state index in [1.54, 1.807) is 31.4 Å². The summed E-state index contributed by atoms with van der Waals surface area (Å²) in [4.78, 5) is 24.7. The van der Waals surface area contributed by atoms with Crippen molar-refractivity contribution < 1.29 is 19.4 Å². The molecule has 5 nitrogen and oxygen atoms in total. The largest absolute Gasteiger partial charge is 0.480 e. The summed E-state index contributed by atoms with van der Waals surface area (Å²) < 4.78 is 5.16. The Hall–Kier alpha value is -1.59. The molecule has 1 aromatic rings. The molecule has 1 aliphatic carbocycles. The number of carboxylic acids is 1. The molecule has 0 spiro atoms. The van der Waals surface area contributed by atoms with Gasteiger partial charge in [-0.1, -0.05) is 23.7 Å². The number of amides is 1. The van der Waals surface area contributed by atoms with Crippen LogP contribution >= 0.6 is 11.6 Å². The highest BCUT2D eigenvalue weighted by Gasteiger charge is 2.37. The van der Waals surface area contributed by atoms with Crippen molar-refractivity contribution in [1.82, 2.24) is 4.90 Å². The molecule has 1 aromatic carbocycles. The summed E-state index contributed by atoms with van der Waals surface area (Å²) in [6.07, 6.45) is 1.43. The normalized spacial score (nSPS) is 20.7. The molecule has 1 aliphatic rings. The minimum atomic E-state index is -1.01. The average molecular weight is 312 g/mol. The number of carbonyl (C=O) groups is 2. The number of rotatable bonds is 6. The Morgan fingerprint density at radius 2 is 1.95 bits per heavy atom. The smallest absolute Gasteiger partial charge is 0.323 e. The van der Waals surface area contributed by atoms with Crippen LogP contribution in [0.3, 0.4) is 0 Å². The van der Waals surface area contributed by atoms with E-state index >= 15 is 0 Å². The second kappa shape index (κ2) is 6.91. The van der Waals surface area contributed by atoms with E-state index in [1.165, 1.54) is 4.90 Å². The number of benzene rings is 1. The summed E-state index contributed by atoms with van der Waals surface area (Å²) in [5.41, 5.74) is 0.858. The van der Waals surface area contributed by atoms with E-state index in [1.807, 2.05) is 0 Å². The summed E-state index contributed by atoms with van der Waals surface area (Å²) in [5, 5.41) is 9.59. The molecule has 0 heterocycles. The molecule has 0 radical (unpaired) electrons. The quantitative estimate of drug-likeness (QED) is 0.874. The van der Waals surface area contributed by atoms with E-state index in [4.69, 9.17) is 21.4 Å². The molecule has 1 saturated carbocycles. The van der Waals surface area contributed by atoms with E-state index in [0.29, 0.717) is 17.9 Å². The SMILES string of the molecule is COC1CC(C(=O)N(CC(=O)O)Cc2ccc(Cl)cc2)C1. The van der Waals surface area contributed by atoms with Gasteiger partial charge < -0.3 is 14.7 Å². The van der Waals surface area contributed by atoms with E-state index < -0.39 is 5.97 Å². The number of carbonyl (C=O) groups excluding carboxylic acids is 1. The highest BCUT2D eigenvalue weighted by molar-refractivity contribution is 6.30. The zero-order valence-corrected chi connectivity index (χ0v) is 12.5. The Bertz CT molecular complexity index is 511. The predicted octanol–water partition coefficient (Wildman–Crippen LogP) is 2.18. The Kier molecular flexibility index (Phi) is 5.20. The summed E-state index contributed by atoms with van der Waals surface area (Å²) in [6.45, 7) is -0.0218. The minimum Gasteiger partial charge on any atom is -0.480 e. The molecule has 0 unspecified atom stereocenters. The molecule has 21 heavy (non-hydrogen) atoms. The molecule has 0 aromatic heterocycles. The number of ether oxygens (including phenoxy) is 1. The number of halogens is 1. The van der Waals surface area contributed by atoms with Crippen LogP contribution in [0.5, 0.6) is 0 Å². The maximum Gasteiger partial charge on any atom is 0.323 e. The van der Waals surface area contributed by atoms with E-state index in [-0.39, 0.29) is 31.0 Å². The molecule has 0 atom stereocenters. The van der Waals surface area contributed by atoms with Crippen LogP contribution in [0.25, 0.3) is 0 Å². The third kappa shape index (κ3) is 4.19. The first kappa shape index (κ1) is 15.8. The van der Waals surface area contributed by atoms with Gasteiger partial charge in [0.2, 0.25) is 5.91 Å². The van der Waals surface area contributed by atoms with Gasteiger partial charge in [0, 0.05) is 24.6 Å². The summed E-state index contributed by atoms with van der Waals surface area (Å²) in [6, 6.07) is 7.04. The second-order valence-electron chi connectivity index (χ2n) is 5.24. The molecule has 1 amide bonds. The third-order valence-electron chi connectivity index (χ3n) is 3.70. The highest BCUT2D eigenvalue weighted by Crippen LogP contribution is 2.31. The van der Waals surface area contributed by atoms with Crippen molar-refractivity contribution in [3.8, 4) is 0 Å². The van der Waals surface area contributed by atoms with Gasteiger partial charge in [0.05, 0.1) is 6.10 Å². The third-order valence-corrected chi connectivity index (χ3v) is 3.95. The Morgan fingerprint density at radius 1 is 1.33 bits per heavy atom. The number of nitrogens with zero attached hydrogens (tertiary/aromatic N) is 1. The molecule has 2 rings (SSSR count).